The Balaban J connectivity index is 0.00000147. The summed E-state index contributed by atoms with van der Waals surface area (Å²) in [5.41, 5.74) is 11.1. The van der Waals surface area contributed by atoms with Crippen LogP contribution < -0.4 is 10.6 Å². The predicted octanol–water partition coefficient (Wildman–Crippen LogP) is 3.69. The molecule has 0 bridgehead atoms. The molecule has 0 saturated heterocycles. The Kier molecular flexibility index (Phi) is 4.91. The third-order valence-corrected chi connectivity index (χ3v) is 3.90. The van der Waals surface area contributed by atoms with Crippen LogP contribution in [-0.4, -0.2) is 13.1 Å². The summed E-state index contributed by atoms with van der Waals surface area (Å²) in [6.07, 6.45) is 3.41. The van der Waals surface area contributed by atoms with Crippen LogP contribution in [0.25, 0.3) is 0 Å². The van der Waals surface area contributed by atoms with E-state index >= 15 is 0 Å². The molecule has 0 atom stereocenters. The summed E-state index contributed by atoms with van der Waals surface area (Å²) in [6.45, 7) is 2.21. The van der Waals surface area contributed by atoms with E-state index in [2.05, 4.69) is 47.4 Å². The highest BCUT2D eigenvalue weighted by atomic mass is 35.5. The van der Waals surface area contributed by atoms with Crippen molar-refractivity contribution in [3.8, 4) is 0 Å². The average Bonchev–Trinajstić information content (AvgIpc) is 2.47. The SMILES string of the molecule is Cl.Nc1cccc2c1CCCN2CCc1ccccc1. The normalized spacial score (nSPS) is 13.5. The summed E-state index contributed by atoms with van der Waals surface area (Å²) in [5, 5.41) is 0. The lowest BCUT2D eigenvalue weighted by atomic mass is 9.99. The molecule has 3 rings (SSSR count). The highest BCUT2D eigenvalue weighted by molar-refractivity contribution is 5.85. The van der Waals surface area contributed by atoms with E-state index < -0.39 is 0 Å². The average molecular weight is 289 g/mol. The molecule has 1 aliphatic heterocycles. The van der Waals surface area contributed by atoms with Gasteiger partial charge in [-0.2, -0.15) is 0 Å². The van der Waals surface area contributed by atoms with Crippen molar-refractivity contribution in [2.75, 3.05) is 23.7 Å². The van der Waals surface area contributed by atoms with E-state index in [1.807, 2.05) is 6.07 Å². The Bertz CT molecular complexity index is 554. The highest BCUT2D eigenvalue weighted by Gasteiger charge is 2.17. The monoisotopic (exact) mass is 288 g/mol. The Morgan fingerprint density at radius 2 is 1.80 bits per heavy atom. The van der Waals surface area contributed by atoms with Crippen LogP contribution in [0, 0.1) is 0 Å². The number of rotatable bonds is 3. The van der Waals surface area contributed by atoms with Crippen LogP contribution in [0.3, 0.4) is 0 Å². The second-order valence-corrected chi connectivity index (χ2v) is 5.17. The summed E-state index contributed by atoms with van der Waals surface area (Å²) >= 11 is 0. The number of nitrogens with zero attached hydrogens (tertiary/aromatic N) is 1. The maximum Gasteiger partial charge on any atom is 0.0419 e. The number of hydrogen-bond acceptors (Lipinski definition) is 2. The summed E-state index contributed by atoms with van der Waals surface area (Å²) < 4.78 is 0. The smallest absolute Gasteiger partial charge is 0.0419 e. The number of anilines is 2. The summed E-state index contributed by atoms with van der Waals surface area (Å²) in [7, 11) is 0. The van der Waals surface area contributed by atoms with Crippen LogP contribution in [0.15, 0.2) is 48.5 Å². The van der Waals surface area contributed by atoms with Gasteiger partial charge in [0, 0.05) is 24.5 Å². The van der Waals surface area contributed by atoms with Crippen LogP contribution >= 0.6 is 12.4 Å². The minimum absolute atomic E-state index is 0. The first-order chi connectivity index (χ1) is 9.34. The van der Waals surface area contributed by atoms with Crippen molar-refractivity contribution in [2.45, 2.75) is 19.3 Å². The van der Waals surface area contributed by atoms with Gasteiger partial charge in [0.05, 0.1) is 0 Å². The molecule has 2 aromatic carbocycles. The van der Waals surface area contributed by atoms with Gasteiger partial charge in [-0.05, 0) is 42.5 Å². The summed E-state index contributed by atoms with van der Waals surface area (Å²) in [6, 6.07) is 17.0. The van der Waals surface area contributed by atoms with E-state index in [1.165, 1.54) is 23.2 Å². The minimum atomic E-state index is 0. The number of hydrogen-bond donors (Lipinski definition) is 1. The van der Waals surface area contributed by atoms with Gasteiger partial charge in [0.2, 0.25) is 0 Å². The van der Waals surface area contributed by atoms with Crippen molar-refractivity contribution >= 4 is 23.8 Å². The zero-order valence-corrected chi connectivity index (χ0v) is 12.4. The highest BCUT2D eigenvalue weighted by Crippen LogP contribution is 2.31. The molecule has 0 saturated carbocycles. The third-order valence-electron chi connectivity index (χ3n) is 3.90. The Morgan fingerprint density at radius 1 is 1.00 bits per heavy atom. The molecule has 0 amide bonds. The van der Waals surface area contributed by atoms with Crippen LogP contribution in [0.2, 0.25) is 0 Å². The van der Waals surface area contributed by atoms with Gasteiger partial charge in [0.25, 0.3) is 0 Å². The van der Waals surface area contributed by atoms with E-state index in [0.717, 1.165) is 31.6 Å². The molecule has 0 unspecified atom stereocenters. The molecular weight excluding hydrogens is 268 g/mol. The molecule has 20 heavy (non-hydrogen) atoms. The minimum Gasteiger partial charge on any atom is -0.398 e. The molecule has 1 heterocycles. The zero-order chi connectivity index (χ0) is 13.1. The predicted molar refractivity (Wildman–Crippen MR) is 88.8 cm³/mol. The van der Waals surface area contributed by atoms with Crippen molar-refractivity contribution < 1.29 is 0 Å². The molecular formula is C17H21ClN2. The van der Waals surface area contributed by atoms with Gasteiger partial charge in [-0.15, -0.1) is 12.4 Å². The van der Waals surface area contributed by atoms with Crippen molar-refractivity contribution in [3.05, 3.63) is 59.7 Å². The van der Waals surface area contributed by atoms with Crippen LogP contribution in [0.1, 0.15) is 17.5 Å². The number of halogens is 1. The second kappa shape index (κ2) is 6.67. The number of nitrogen functional groups attached to an aromatic ring is 1. The summed E-state index contributed by atoms with van der Waals surface area (Å²) in [4.78, 5) is 2.47. The Hall–Kier alpha value is -1.67. The number of fused-ring (bicyclic) bond motifs is 1. The standard InChI is InChI=1S/C17H20N2.ClH/c18-16-9-4-10-17-15(16)8-5-12-19(17)13-11-14-6-2-1-3-7-14;/h1-4,6-7,9-10H,5,8,11-13,18H2;1H. The number of benzene rings is 2. The van der Waals surface area contributed by atoms with Gasteiger partial charge in [0.15, 0.2) is 0 Å². The van der Waals surface area contributed by atoms with E-state index in [1.54, 1.807) is 0 Å². The number of nitrogens with two attached hydrogens (primary N) is 1. The van der Waals surface area contributed by atoms with Crippen LogP contribution in [0.4, 0.5) is 11.4 Å². The molecule has 0 radical (unpaired) electrons. The zero-order valence-electron chi connectivity index (χ0n) is 11.6. The lowest BCUT2D eigenvalue weighted by molar-refractivity contribution is 0.689. The quantitative estimate of drug-likeness (QED) is 0.873. The fourth-order valence-corrected chi connectivity index (χ4v) is 2.87. The molecule has 2 nitrogen and oxygen atoms in total. The first kappa shape index (κ1) is 14.7. The van der Waals surface area contributed by atoms with Crippen molar-refractivity contribution in [1.82, 2.24) is 0 Å². The van der Waals surface area contributed by atoms with Gasteiger partial charge in [-0.3, -0.25) is 0 Å². The van der Waals surface area contributed by atoms with Crippen LogP contribution in [-0.2, 0) is 12.8 Å². The fraction of sp³-hybridized carbons (Fsp3) is 0.294. The van der Waals surface area contributed by atoms with Gasteiger partial charge >= 0.3 is 0 Å². The van der Waals surface area contributed by atoms with E-state index in [0.29, 0.717) is 0 Å². The molecule has 0 aromatic heterocycles. The first-order valence-electron chi connectivity index (χ1n) is 7.01. The molecule has 0 fully saturated rings. The first-order valence-corrected chi connectivity index (χ1v) is 7.01. The Labute approximate surface area is 127 Å². The van der Waals surface area contributed by atoms with Crippen molar-refractivity contribution in [2.24, 2.45) is 0 Å². The van der Waals surface area contributed by atoms with Crippen LogP contribution in [0.5, 0.6) is 0 Å². The summed E-state index contributed by atoms with van der Waals surface area (Å²) in [5.74, 6) is 0. The molecule has 3 heteroatoms. The van der Waals surface area contributed by atoms with E-state index in [-0.39, 0.29) is 12.4 Å². The Morgan fingerprint density at radius 3 is 2.60 bits per heavy atom. The molecule has 1 aliphatic rings. The molecule has 0 spiro atoms. The van der Waals surface area contributed by atoms with E-state index in [4.69, 9.17) is 5.73 Å². The van der Waals surface area contributed by atoms with Gasteiger partial charge in [0.1, 0.15) is 0 Å². The maximum atomic E-state index is 6.08. The van der Waals surface area contributed by atoms with Gasteiger partial charge in [-0.25, -0.2) is 0 Å². The molecule has 106 valence electrons. The maximum absolute atomic E-state index is 6.08. The second-order valence-electron chi connectivity index (χ2n) is 5.17. The molecule has 2 N–H and O–H groups in total. The topological polar surface area (TPSA) is 29.3 Å². The van der Waals surface area contributed by atoms with Crippen molar-refractivity contribution in [1.29, 1.82) is 0 Å². The lowest BCUT2D eigenvalue weighted by Gasteiger charge is -2.32. The molecule has 0 aliphatic carbocycles. The van der Waals surface area contributed by atoms with Gasteiger partial charge < -0.3 is 10.6 Å². The fourth-order valence-electron chi connectivity index (χ4n) is 2.87. The van der Waals surface area contributed by atoms with Gasteiger partial charge in [-0.1, -0.05) is 36.4 Å². The van der Waals surface area contributed by atoms with E-state index in [9.17, 15) is 0 Å². The lowest BCUT2D eigenvalue weighted by Crippen LogP contribution is -2.31. The van der Waals surface area contributed by atoms with Crippen molar-refractivity contribution in [3.63, 3.8) is 0 Å². The molecule has 2 aromatic rings. The largest absolute Gasteiger partial charge is 0.398 e. The third kappa shape index (κ3) is 3.07.